The van der Waals surface area contributed by atoms with E-state index in [9.17, 15) is 26.4 Å². The van der Waals surface area contributed by atoms with Gasteiger partial charge in [0.05, 0.1) is 11.8 Å². The zero-order valence-electron chi connectivity index (χ0n) is 16.6. The molecule has 0 spiro atoms. The molecule has 2 heterocycles. The van der Waals surface area contributed by atoms with Crippen molar-refractivity contribution in [2.45, 2.75) is 44.9 Å². The fraction of sp³-hybridized carbons (Fsp3) is 0.476. The van der Waals surface area contributed by atoms with Crippen LogP contribution in [0.25, 0.3) is 11.1 Å². The molecule has 1 saturated carbocycles. The van der Waals surface area contributed by atoms with E-state index in [1.165, 1.54) is 16.4 Å². The fourth-order valence-corrected chi connectivity index (χ4v) is 4.94. The second kappa shape index (κ2) is 7.53. The average molecular weight is 440 g/mol. The Hall–Kier alpha value is -2.13. The summed E-state index contributed by atoms with van der Waals surface area (Å²) in [5, 5.41) is 0. The first-order chi connectivity index (χ1) is 14.0. The summed E-state index contributed by atoms with van der Waals surface area (Å²) in [5.41, 5.74) is 1.27. The maximum Gasteiger partial charge on any atom is 0.416 e. The molecule has 0 saturated heterocycles. The summed E-state index contributed by atoms with van der Waals surface area (Å²) in [5.74, 6) is 0.405. The molecule has 2 aliphatic rings. The van der Waals surface area contributed by atoms with E-state index in [4.69, 9.17) is 0 Å². The maximum absolute atomic E-state index is 13.3. The van der Waals surface area contributed by atoms with Crippen LogP contribution in [-0.2, 0) is 35.7 Å². The molecule has 0 amide bonds. The Morgan fingerprint density at radius 2 is 1.80 bits per heavy atom. The van der Waals surface area contributed by atoms with Crippen LogP contribution in [0.3, 0.4) is 0 Å². The van der Waals surface area contributed by atoms with Crippen molar-refractivity contribution in [3.05, 3.63) is 57.5 Å². The third kappa shape index (κ3) is 4.05. The van der Waals surface area contributed by atoms with Crippen molar-refractivity contribution < 1.29 is 21.6 Å². The van der Waals surface area contributed by atoms with Gasteiger partial charge in [0.1, 0.15) is 0 Å². The lowest BCUT2D eigenvalue weighted by molar-refractivity contribution is -0.137. The summed E-state index contributed by atoms with van der Waals surface area (Å²) in [6.07, 6.45) is 0.357. The first-order valence-corrected chi connectivity index (χ1v) is 11.8. The molecular formula is C21H23F3N2O3S. The lowest BCUT2D eigenvalue weighted by atomic mass is 9.85. The van der Waals surface area contributed by atoms with Gasteiger partial charge < -0.3 is 4.57 Å². The molecule has 5 nitrogen and oxygen atoms in total. The summed E-state index contributed by atoms with van der Waals surface area (Å²) in [6.45, 7) is 1.04. The van der Waals surface area contributed by atoms with Gasteiger partial charge in [0.15, 0.2) is 0 Å². The van der Waals surface area contributed by atoms with E-state index in [0.29, 0.717) is 36.6 Å². The van der Waals surface area contributed by atoms with Gasteiger partial charge in [0.2, 0.25) is 10.0 Å². The molecule has 0 atom stereocenters. The molecule has 0 N–H and O–H groups in total. The van der Waals surface area contributed by atoms with E-state index < -0.39 is 21.8 Å². The number of alkyl halides is 3. The van der Waals surface area contributed by atoms with Gasteiger partial charge in [-0.2, -0.15) is 17.5 Å². The third-order valence-corrected chi connectivity index (χ3v) is 7.34. The zero-order valence-corrected chi connectivity index (χ0v) is 17.4. The standard InChI is InChI=1S/C21H23F3N2O3S/c1-30(28,29)25-10-9-19-16(13-25)11-18(20(27)26(19)12-14-3-2-4-14)15-5-7-17(8-6-15)21(22,23)24/h5-8,11,14H,2-4,9-10,12-13H2,1H3. The van der Waals surface area contributed by atoms with Crippen LogP contribution in [0.5, 0.6) is 0 Å². The molecule has 0 radical (unpaired) electrons. The molecule has 1 aliphatic heterocycles. The molecule has 2 aromatic rings. The lowest BCUT2D eigenvalue weighted by Crippen LogP contribution is -2.40. The summed E-state index contributed by atoms with van der Waals surface area (Å²) >= 11 is 0. The molecule has 1 aromatic heterocycles. The Balaban J connectivity index is 1.80. The summed E-state index contributed by atoms with van der Waals surface area (Å²) in [7, 11) is -3.39. The van der Waals surface area contributed by atoms with Crippen molar-refractivity contribution in [1.29, 1.82) is 0 Å². The normalized spacial score (nSPS) is 18.1. The molecule has 1 aromatic carbocycles. The van der Waals surface area contributed by atoms with Crippen LogP contribution in [0.1, 0.15) is 36.1 Å². The predicted octanol–water partition coefficient (Wildman–Crippen LogP) is 3.65. The van der Waals surface area contributed by atoms with Crippen LogP contribution in [0.15, 0.2) is 35.1 Å². The predicted molar refractivity (Wildman–Crippen MR) is 107 cm³/mol. The highest BCUT2D eigenvalue weighted by atomic mass is 32.2. The topological polar surface area (TPSA) is 59.4 Å². The number of hydrogen-bond acceptors (Lipinski definition) is 3. The van der Waals surface area contributed by atoms with Crippen LogP contribution < -0.4 is 5.56 Å². The molecular weight excluding hydrogens is 417 g/mol. The van der Waals surface area contributed by atoms with Gasteiger partial charge in [0.25, 0.3) is 5.56 Å². The molecule has 0 bridgehead atoms. The fourth-order valence-electron chi connectivity index (χ4n) is 4.15. The molecule has 162 valence electrons. The monoisotopic (exact) mass is 440 g/mol. The Morgan fingerprint density at radius 3 is 2.33 bits per heavy atom. The number of benzene rings is 1. The number of fused-ring (bicyclic) bond motifs is 1. The van der Waals surface area contributed by atoms with Gasteiger partial charge in [-0.25, -0.2) is 8.42 Å². The maximum atomic E-state index is 13.3. The highest BCUT2D eigenvalue weighted by Crippen LogP contribution is 2.32. The summed E-state index contributed by atoms with van der Waals surface area (Å²) in [6, 6.07) is 6.18. The first kappa shape index (κ1) is 21.1. The largest absolute Gasteiger partial charge is 0.416 e. The number of sulfonamides is 1. The number of halogens is 3. The third-order valence-electron chi connectivity index (χ3n) is 6.09. The number of hydrogen-bond donors (Lipinski definition) is 0. The minimum absolute atomic E-state index is 0.159. The van der Waals surface area contributed by atoms with Crippen LogP contribution in [0.2, 0.25) is 0 Å². The van der Waals surface area contributed by atoms with Crippen molar-refractivity contribution >= 4 is 10.0 Å². The number of nitrogens with zero attached hydrogens (tertiary/aromatic N) is 2. The van der Waals surface area contributed by atoms with E-state index in [1.807, 2.05) is 0 Å². The van der Waals surface area contributed by atoms with Gasteiger partial charge in [0, 0.05) is 37.3 Å². The van der Waals surface area contributed by atoms with Crippen molar-refractivity contribution in [2.75, 3.05) is 12.8 Å². The highest BCUT2D eigenvalue weighted by Gasteiger charge is 2.31. The Morgan fingerprint density at radius 1 is 1.13 bits per heavy atom. The van der Waals surface area contributed by atoms with Crippen LogP contribution in [0.4, 0.5) is 13.2 Å². The van der Waals surface area contributed by atoms with Crippen molar-refractivity contribution in [3.63, 3.8) is 0 Å². The average Bonchev–Trinajstić information content (AvgIpc) is 2.64. The van der Waals surface area contributed by atoms with E-state index in [1.54, 1.807) is 10.6 Å². The Labute approximate surface area is 173 Å². The molecule has 30 heavy (non-hydrogen) atoms. The number of pyridine rings is 1. The Kier molecular flexibility index (Phi) is 5.30. The second-order valence-electron chi connectivity index (χ2n) is 8.16. The smallest absolute Gasteiger partial charge is 0.311 e. The summed E-state index contributed by atoms with van der Waals surface area (Å²) < 4.78 is 65.8. The highest BCUT2D eigenvalue weighted by molar-refractivity contribution is 7.88. The number of aromatic nitrogens is 1. The zero-order chi connectivity index (χ0) is 21.7. The van der Waals surface area contributed by atoms with Gasteiger partial charge >= 0.3 is 6.18 Å². The van der Waals surface area contributed by atoms with Gasteiger partial charge in [-0.05, 0) is 48.1 Å². The van der Waals surface area contributed by atoms with Gasteiger partial charge in [-0.3, -0.25) is 4.79 Å². The van der Waals surface area contributed by atoms with Crippen molar-refractivity contribution in [2.24, 2.45) is 5.92 Å². The minimum Gasteiger partial charge on any atom is -0.311 e. The van der Waals surface area contributed by atoms with Gasteiger partial charge in [-0.1, -0.05) is 18.6 Å². The first-order valence-electron chi connectivity index (χ1n) is 9.92. The van der Waals surface area contributed by atoms with Crippen LogP contribution in [-0.4, -0.2) is 30.1 Å². The Bertz CT molecular complexity index is 1120. The number of rotatable bonds is 4. The van der Waals surface area contributed by atoms with Crippen molar-refractivity contribution in [1.82, 2.24) is 8.87 Å². The molecule has 0 unspecified atom stereocenters. The van der Waals surface area contributed by atoms with Crippen molar-refractivity contribution in [3.8, 4) is 11.1 Å². The minimum atomic E-state index is -4.45. The molecule has 4 rings (SSSR count). The van der Waals surface area contributed by atoms with Crippen LogP contribution in [0, 0.1) is 5.92 Å². The van der Waals surface area contributed by atoms with Crippen LogP contribution >= 0.6 is 0 Å². The van der Waals surface area contributed by atoms with Gasteiger partial charge in [-0.15, -0.1) is 0 Å². The lowest BCUT2D eigenvalue weighted by Gasteiger charge is -2.32. The molecule has 1 fully saturated rings. The summed E-state index contributed by atoms with van der Waals surface area (Å²) in [4.78, 5) is 13.3. The molecule has 1 aliphatic carbocycles. The molecule has 9 heteroatoms. The van der Waals surface area contributed by atoms with E-state index in [-0.39, 0.29) is 12.1 Å². The van der Waals surface area contributed by atoms with E-state index >= 15 is 0 Å². The quantitative estimate of drug-likeness (QED) is 0.729. The SMILES string of the molecule is CS(=O)(=O)N1CCc2c(cc(-c3ccc(C(F)(F)F)cc3)c(=O)n2CC2CCC2)C1. The van der Waals surface area contributed by atoms with E-state index in [2.05, 4.69) is 0 Å². The second-order valence-corrected chi connectivity index (χ2v) is 10.1. The van der Waals surface area contributed by atoms with E-state index in [0.717, 1.165) is 48.9 Å².